The zero-order chi connectivity index (χ0) is 29.0. The Morgan fingerprint density at radius 3 is 2.11 bits per heavy atom. The van der Waals surface area contributed by atoms with Crippen molar-refractivity contribution in [1.29, 1.82) is 5.26 Å². The highest BCUT2D eigenvalue weighted by atomic mass is 35.5. The van der Waals surface area contributed by atoms with E-state index in [1.807, 2.05) is 0 Å². The zero-order valence-electron chi connectivity index (χ0n) is 18.9. The Kier molecular flexibility index (Phi) is 10.0. The largest absolute Gasteiger partial charge is 0.417 e. The van der Waals surface area contributed by atoms with Crippen LogP contribution in [0.4, 0.5) is 30.7 Å². The number of nitrogens with one attached hydrogen (secondary N) is 2. The number of carbonyl (C=O) groups is 2. The van der Waals surface area contributed by atoms with Crippen LogP contribution in [0, 0.1) is 11.3 Å². The Morgan fingerprint density at radius 1 is 1.03 bits per heavy atom. The van der Waals surface area contributed by atoms with Gasteiger partial charge in [-0.25, -0.2) is 4.39 Å². The van der Waals surface area contributed by atoms with Gasteiger partial charge in [0.05, 0.1) is 38.4 Å². The van der Waals surface area contributed by atoms with Crippen LogP contribution in [-0.2, 0) is 11.0 Å². The number of benzene rings is 2. The molecule has 0 heterocycles. The molecule has 2 atom stereocenters. The second-order valence-electron chi connectivity index (χ2n) is 7.69. The quantitative estimate of drug-likeness (QED) is 0.196. The third-order valence-corrected chi connectivity index (χ3v) is 6.04. The molecule has 0 spiro atoms. The van der Waals surface area contributed by atoms with E-state index in [0.717, 1.165) is 12.1 Å². The second-order valence-corrected chi connectivity index (χ2v) is 8.88. The summed E-state index contributed by atoms with van der Waals surface area (Å²) in [4.78, 5) is 23.8. The van der Waals surface area contributed by atoms with E-state index in [-0.39, 0.29) is 27.2 Å². The summed E-state index contributed by atoms with van der Waals surface area (Å²) in [6, 6.07) is 4.56. The zero-order valence-corrected chi connectivity index (χ0v) is 21.1. The summed E-state index contributed by atoms with van der Waals surface area (Å²) in [6.45, 7) is 1.21. The highest BCUT2D eigenvalue weighted by molar-refractivity contribution is 6.48. The molecule has 204 valence electrons. The average Bonchev–Trinajstić information content (AvgIpc) is 2.78. The van der Waals surface area contributed by atoms with Crippen molar-refractivity contribution in [3.63, 3.8) is 0 Å². The van der Waals surface area contributed by atoms with Crippen LogP contribution in [0.5, 0.6) is 0 Å². The summed E-state index contributed by atoms with van der Waals surface area (Å²) in [6.07, 6.45) is -12.0. The van der Waals surface area contributed by atoms with Crippen LogP contribution >= 0.6 is 34.8 Å². The first kappa shape index (κ1) is 31.2. The highest BCUT2D eigenvalue weighted by Gasteiger charge is 2.41. The molecule has 0 aliphatic rings. The second kappa shape index (κ2) is 12.2. The Bertz CT molecular complexity index is 1280. The predicted molar refractivity (Wildman–Crippen MR) is 126 cm³/mol. The minimum atomic E-state index is -5.21. The van der Waals surface area contributed by atoms with Crippen molar-refractivity contribution in [2.24, 2.45) is 0 Å². The number of allylic oxidation sites excluding steroid dienone is 1. The normalized spacial score (nSPS) is 13.9. The van der Waals surface area contributed by atoms with Gasteiger partial charge in [-0.3, -0.25) is 9.59 Å². The molecule has 0 saturated heterocycles. The first-order valence-electron chi connectivity index (χ1n) is 10.2. The molecule has 1 unspecified atom stereocenters. The molecule has 15 heteroatoms. The van der Waals surface area contributed by atoms with E-state index in [2.05, 4.69) is 10.6 Å². The Labute approximate surface area is 226 Å². The molecule has 0 radical (unpaired) electrons. The van der Waals surface area contributed by atoms with E-state index in [4.69, 9.17) is 40.1 Å². The number of nitriles is 1. The predicted octanol–water partition coefficient (Wildman–Crippen LogP) is 7.43. The first-order chi connectivity index (χ1) is 17.4. The van der Waals surface area contributed by atoms with Gasteiger partial charge >= 0.3 is 12.4 Å². The van der Waals surface area contributed by atoms with E-state index >= 15 is 0 Å². The van der Waals surface area contributed by atoms with Crippen LogP contribution in [0.15, 0.2) is 36.4 Å². The van der Waals surface area contributed by atoms with E-state index in [1.54, 1.807) is 6.07 Å². The third kappa shape index (κ3) is 7.99. The monoisotopic (exact) mass is 603 g/mol. The molecular weight excluding hydrogens is 590 g/mol. The SMILES string of the molecule is C[C@H](NC(=O)CC#N)NC(=O)c1ccc(/C(F)=C/C(c2cc(Cl)c(Cl)c(Cl)c2)C(F)(F)F)cc1C(F)(F)F. The van der Waals surface area contributed by atoms with Crippen molar-refractivity contribution >= 4 is 52.4 Å². The van der Waals surface area contributed by atoms with Crippen LogP contribution in [-0.4, -0.2) is 24.2 Å². The van der Waals surface area contributed by atoms with Gasteiger partial charge in [-0.15, -0.1) is 0 Å². The van der Waals surface area contributed by atoms with E-state index < -0.39 is 70.8 Å². The van der Waals surface area contributed by atoms with Crippen molar-refractivity contribution in [3.05, 3.63) is 73.7 Å². The number of hydrogen-bond donors (Lipinski definition) is 2. The molecule has 0 aliphatic heterocycles. The molecular formula is C23H15Cl3F7N3O2. The molecule has 38 heavy (non-hydrogen) atoms. The van der Waals surface area contributed by atoms with Crippen molar-refractivity contribution in [3.8, 4) is 6.07 Å². The van der Waals surface area contributed by atoms with Crippen LogP contribution < -0.4 is 10.6 Å². The van der Waals surface area contributed by atoms with Crippen LogP contribution in [0.1, 0.15) is 46.3 Å². The molecule has 2 amide bonds. The number of alkyl halides is 6. The topological polar surface area (TPSA) is 82.0 Å². The minimum Gasteiger partial charge on any atom is -0.335 e. The fourth-order valence-corrected chi connectivity index (χ4v) is 3.79. The number of carbonyl (C=O) groups excluding carboxylic acids is 2. The molecule has 2 aromatic rings. The molecule has 2 rings (SSSR count). The van der Waals surface area contributed by atoms with Gasteiger partial charge in [-0.2, -0.15) is 31.6 Å². The standard InChI is InChI=1S/C23H15Cl3F7N3O2/c1-10(35-19(37)4-5-34)36-21(38)13-3-2-11(6-15(13)23(31,32)33)18(27)9-14(22(28,29)30)12-7-16(24)20(26)17(25)8-12/h2-3,6-10,14H,4H2,1H3,(H,35,37)(H,36,38)/b18-9-/t10-,14?/m1/s1. The smallest absolute Gasteiger partial charge is 0.335 e. The van der Waals surface area contributed by atoms with Gasteiger partial charge in [0.1, 0.15) is 18.2 Å². The number of hydrogen-bond acceptors (Lipinski definition) is 3. The average molecular weight is 605 g/mol. The lowest BCUT2D eigenvalue weighted by Gasteiger charge is -2.20. The van der Waals surface area contributed by atoms with Gasteiger partial charge < -0.3 is 10.6 Å². The van der Waals surface area contributed by atoms with Crippen molar-refractivity contribution in [2.45, 2.75) is 37.8 Å². The van der Waals surface area contributed by atoms with Crippen molar-refractivity contribution < 1.29 is 40.3 Å². The Balaban J connectivity index is 2.49. The van der Waals surface area contributed by atoms with Crippen molar-refractivity contribution in [2.75, 3.05) is 0 Å². The lowest BCUT2D eigenvalue weighted by atomic mass is 9.95. The van der Waals surface area contributed by atoms with Crippen LogP contribution in [0.25, 0.3) is 5.83 Å². The molecule has 5 nitrogen and oxygen atoms in total. The Morgan fingerprint density at radius 2 is 1.61 bits per heavy atom. The first-order valence-corrected chi connectivity index (χ1v) is 11.4. The molecule has 0 aromatic heterocycles. The molecule has 0 aliphatic carbocycles. The summed E-state index contributed by atoms with van der Waals surface area (Å²) in [5.41, 5.74) is -4.15. The van der Waals surface area contributed by atoms with Gasteiger partial charge in [-0.1, -0.05) is 40.9 Å². The fourth-order valence-electron chi connectivity index (χ4n) is 3.18. The number of rotatable bonds is 7. The summed E-state index contributed by atoms with van der Waals surface area (Å²) in [7, 11) is 0. The molecule has 0 saturated carbocycles. The lowest BCUT2D eigenvalue weighted by Crippen LogP contribution is -2.46. The van der Waals surface area contributed by atoms with Gasteiger partial charge in [0.2, 0.25) is 5.91 Å². The number of amides is 2. The maximum atomic E-state index is 14.9. The summed E-state index contributed by atoms with van der Waals surface area (Å²) in [5.74, 6) is -6.47. The van der Waals surface area contributed by atoms with Gasteiger partial charge in [0.25, 0.3) is 5.91 Å². The third-order valence-electron chi connectivity index (χ3n) is 4.84. The van der Waals surface area contributed by atoms with Gasteiger partial charge in [0.15, 0.2) is 0 Å². The molecule has 2 aromatic carbocycles. The molecule has 2 N–H and O–H groups in total. The van der Waals surface area contributed by atoms with Crippen LogP contribution in [0.3, 0.4) is 0 Å². The fraction of sp³-hybridized carbons (Fsp3) is 0.261. The summed E-state index contributed by atoms with van der Waals surface area (Å²) >= 11 is 17.3. The highest BCUT2D eigenvalue weighted by Crippen LogP contribution is 2.42. The van der Waals surface area contributed by atoms with E-state index in [1.165, 1.54) is 6.92 Å². The van der Waals surface area contributed by atoms with E-state index in [0.29, 0.717) is 12.1 Å². The minimum absolute atomic E-state index is 0.0396. The number of halogens is 10. The van der Waals surface area contributed by atoms with Gasteiger partial charge in [0, 0.05) is 5.56 Å². The lowest BCUT2D eigenvalue weighted by molar-refractivity contribution is -0.140. The van der Waals surface area contributed by atoms with Gasteiger partial charge in [-0.05, 0) is 42.8 Å². The maximum Gasteiger partial charge on any atom is 0.417 e. The van der Waals surface area contributed by atoms with Crippen LogP contribution in [0.2, 0.25) is 15.1 Å². The van der Waals surface area contributed by atoms with Crippen molar-refractivity contribution in [1.82, 2.24) is 10.6 Å². The van der Waals surface area contributed by atoms with E-state index in [9.17, 15) is 40.3 Å². The molecule has 0 bridgehead atoms. The maximum absolute atomic E-state index is 14.9. The Hall–Kier alpha value is -3.01. The summed E-state index contributed by atoms with van der Waals surface area (Å²) in [5, 5.41) is 11.7. The number of nitrogens with zero attached hydrogens (tertiary/aromatic N) is 1. The summed E-state index contributed by atoms with van der Waals surface area (Å²) < 4.78 is 97.2. The molecule has 0 fully saturated rings.